The average Bonchev–Trinajstić information content (AvgIpc) is 3.97. The third kappa shape index (κ3) is 6.70. The molecule has 15 rings (SSSR count). The number of anilines is 4. The summed E-state index contributed by atoms with van der Waals surface area (Å²) in [7, 11) is 0. The molecule has 0 N–H and O–H groups in total. The second-order valence-corrected chi connectivity index (χ2v) is 19.3. The van der Waals surface area contributed by atoms with E-state index in [1.807, 2.05) is 24.4 Å². The molecule has 0 fully saturated rings. The zero-order valence-electron chi connectivity index (χ0n) is 40.4. The van der Waals surface area contributed by atoms with Gasteiger partial charge in [0.05, 0.1) is 0 Å². The summed E-state index contributed by atoms with van der Waals surface area (Å²) in [6, 6.07) is 84.0. The van der Waals surface area contributed by atoms with Crippen molar-refractivity contribution < 1.29 is 25.8 Å². The molecular formula is C68H43N4OPt-3. The van der Waals surface area contributed by atoms with Gasteiger partial charge < -0.3 is 18.9 Å². The predicted octanol–water partition coefficient (Wildman–Crippen LogP) is 18.1. The van der Waals surface area contributed by atoms with Gasteiger partial charge in [-0.3, -0.25) is 0 Å². The van der Waals surface area contributed by atoms with E-state index >= 15 is 0 Å². The van der Waals surface area contributed by atoms with Crippen molar-refractivity contribution in [3.8, 4) is 56.0 Å². The van der Waals surface area contributed by atoms with Crippen LogP contribution in [-0.2, 0) is 21.1 Å². The van der Waals surface area contributed by atoms with Gasteiger partial charge in [-0.2, -0.15) is 12.1 Å². The molecule has 2 aliphatic rings. The molecule has 6 heteroatoms. The van der Waals surface area contributed by atoms with Crippen molar-refractivity contribution in [1.82, 2.24) is 9.38 Å². The number of ether oxygens (including phenoxy) is 1. The first-order valence-corrected chi connectivity index (χ1v) is 24.9. The molecule has 0 bridgehead atoms. The van der Waals surface area contributed by atoms with Crippen molar-refractivity contribution in [2.24, 2.45) is 0 Å². The van der Waals surface area contributed by atoms with Crippen LogP contribution < -0.4 is 14.5 Å². The first-order chi connectivity index (χ1) is 36.0. The predicted molar refractivity (Wildman–Crippen MR) is 302 cm³/mol. The fourth-order valence-electron chi connectivity index (χ4n) is 11.8. The van der Waals surface area contributed by atoms with Crippen LogP contribution in [-0.4, -0.2) is 9.38 Å². The van der Waals surface area contributed by atoms with Crippen LogP contribution in [0.15, 0.2) is 219 Å². The van der Waals surface area contributed by atoms with Crippen molar-refractivity contribution in [2.75, 3.05) is 9.80 Å². The smallest absolute Gasteiger partial charge is 0.143 e. The van der Waals surface area contributed by atoms with Gasteiger partial charge in [-0.25, -0.2) is 4.98 Å². The maximum absolute atomic E-state index is 7.00. The number of pyridine rings is 1. The van der Waals surface area contributed by atoms with E-state index in [2.05, 4.69) is 241 Å². The van der Waals surface area contributed by atoms with Crippen LogP contribution in [0.25, 0.3) is 104 Å². The molecule has 0 saturated carbocycles. The zero-order valence-corrected chi connectivity index (χ0v) is 42.6. The quantitative estimate of drug-likeness (QED) is 0.161. The van der Waals surface area contributed by atoms with E-state index < -0.39 is 0 Å². The Bertz CT molecular complexity index is 4430. The van der Waals surface area contributed by atoms with Gasteiger partial charge in [-0.15, -0.1) is 41.9 Å². The minimum Gasteiger partial charge on any atom is -0.509 e. The molecule has 13 aromatic rings. The Morgan fingerprint density at radius 1 is 0.419 bits per heavy atom. The van der Waals surface area contributed by atoms with Gasteiger partial charge in [0.1, 0.15) is 5.65 Å². The van der Waals surface area contributed by atoms with E-state index in [-0.39, 0.29) is 21.1 Å². The molecule has 2 aliphatic heterocycles. The van der Waals surface area contributed by atoms with Crippen LogP contribution in [0.2, 0.25) is 0 Å². The van der Waals surface area contributed by atoms with Crippen LogP contribution in [0, 0.1) is 32.6 Å². The largest absolute Gasteiger partial charge is 0.509 e. The summed E-state index contributed by atoms with van der Waals surface area (Å²) in [5.74, 6) is 1.17. The fourth-order valence-corrected chi connectivity index (χ4v) is 11.8. The Kier molecular flexibility index (Phi) is 10.2. The van der Waals surface area contributed by atoms with Gasteiger partial charge in [0.25, 0.3) is 0 Å². The molecule has 354 valence electrons. The fraction of sp³-hybridized carbons (Fsp3) is 0.0294. The number of aryl methyl sites for hydroxylation is 2. The van der Waals surface area contributed by atoms with Gasteiger partial charge in [-0.05, 0) is 75.7 Å². The average molecular weight is 1130 g/mol. The molecule has 5 heterocycles. The monoisotopic (exact) mass is 1130 g/mol. The summed E-state index contributed by atoms with van der Waals surface area (Å²) in [6.07, 6.45) is 1.90. The summed E-state index contributed by atoms with van der Waals surface area (Å²) in [5, 5.41) is 9.11. The molecule has 0 unspecified atom stereocenters. The van der Waals surface area contributed by atoms with Crippen LogP contribution in [0.5, 0.6) is 11.5 Å². The van der Waals surface area contributed by atoms with Crippen LogP contribution in [0.1, 0.15) is 11.1 Å². The Balaban J connectivity index is 0.00000505. The van der Waals surface area contributed by atoms with Crippen molar-refractivity contribution in [2.45, 2.75) is 13.8 Å². The Morgan fingerprint density at radius 3 is 1.69 bits per heavy atom. The molecule has 0 radical (unpaired) electrons. The molecule has 10 aromatic carbocycles. The number of benzene rings is 10. The number of hydrogen-bond acceptors (Lipinski definition) is 4. The first kappa shape index (κ1) is 44.0. The number of rotatable bonds is 5. The molecule has 0 atom stereocenters. The number of aromatic nitrogens is 2. The number of nitrogens with zero attached hydrogens (tertiary/aromatic N) is 4. The number of fused-ring (bicyclic) bond motifs is 15. The van der Waals surface area contributed by atoms with Gasteiger partial charge in [-0.1, -0.05) is 198 Å². The topological polar surface area (TPSA) is 33.0 Å². The molecular weight excluding hydrogens is 1080 g/mol. The Hall–Kier alpha value is -8.76. The van der Waals surface area contributed by atoms with E-state index in [1.54, 1.807) is 0 Å². The van der Waals surface area contributed by atoms with E-state index in [0.717, 1.165) is 105 Å². The molecule has 5 nitrogen and oxygen atoms in total. The standard InChI is InChI=1S/C68H43N4O.Pt/c1-42-28-32-52-53-33-29-43(2)38-61(53)59-26-14-36-69-68(59)72-64-40-47(31-35-55(64)57-23-12-24-58(66(57)72)60(52)37-42)73-46-30-34-54-50-19-9-10-20-51(50)56-25-13-27-62-67(56)71(63(54)39-46)41-70(62)65-48(44-15-5-3-6-16-44)21-11-22-49(65)45-17-7-4-8-18-45;/h3-38,41H,1-2H3;/q-3;. The van der Waals surface area contributed by atoms with Gasteiger partial charge in [0.15, 0.2) is 0 Å². The number of hydrogen-bond donors (Lipinski definition) is 0. The van der Waals surface area contributed by atoms with Crippen LogP contribution >= 0.6 is 0 Å². The van der Waals surface area contributed by atoms with Gasteiger partial charge in [0, 0.05) is 88.8 Å². The second kappa shape index (κ2) is 17.2. The van der Waals surface area contributed by atoms with E-state index in [4.69, 9.17) is 9.72 Å². The van der Waals surface area contributed by atoms with E-state index in [9.17, 15) is 0 Å². The molecule has 3 aromatic heterocycles. The maximum atomic E-state index is 7.00. The third-order valence-corrected chi connectivity index (χ3v) is 14.9. The second-order valence-electron chi connectivity index (χ2n) is 19.3. The summed E-state index contributed by atoms with van der Waals surface area (Å²) in [5.41, 5.74) is 18.5. The Morgan fingerprint density at radius 2 is 0.973 bits per heavy atom. The SMILES string of the molecule is Cc1ccc2c3ccc(C)cc3c3cccc4c5ccc(Oc6[c-]c7c(cc6)-c6ccccc6-c6cccc8c6N7[CH-]N8c6c(-c7ccccc7)cccc6-c6ccccc6)[c-]c5n(c5ncccc5c2c1)c34.[Pt]. The van der Waals surface area contributed by atoms with Crippen molar-refractivity contribution >= 4 is 82.5 Å². The van der Waals surface area contributed by atoms with E-state index in [1.165, 1.54) is 32.8 Å². The summed E-state index contributed by atoms with van der Waals surface area (Å²) < 4.78 is 9.31. The summed E-state index contributed by atoms with van der Waals surface area (Å²) in [4.78, 5) is 9.90. The minimum atomic E-state index is 0. The van der Waals surface area contributed by atoms with Crippen LogP contribution in [0.4, 0.5) is 22.7 Å². The molecule has 0 saturated heterocycles. The summed E-state index contributed by atoms with van der Waals surface area (Å²) >= 11 is 0. The van der Waals surface area contributed by atoms with Crippen LogP contribution in [0.3, 0.4) is 0 Å². The van der Waals surface area contributed by atoms with Crippen molar-refractivity contribution in [3.05, 3.63) is 248 Å². The minimum absolute atomic E-state index is 0. The normalized spacial score (nSPS) is 12.5. The zero-order chi connectivity index (χ0) is 48.3. The number of para-hydroxylation sites is 3. The first-order valence-electron chi connectivity index (χ1n) is 24.9. The third-order valence-electron chi connectivity index (χ3n) is 14.9. The molecule has 74 heavy (non-hydrogen) atoms. The van der Waals surface area contributed by atoms with Gasteiger partial charge >= 0.3 is 0 Å². The molecule has 0 aliphatic carbocycles. The molecule has 0 spiro atoms. The van der Waals surface area contributed by atoms with Crippen molar-refractivity contribution in [1.29, 1.82) is 0 Å². The van der Waals surface area contributed by atoms with Crippen molar-refractivity contribution in [3.63, 3.8) is 0 Å². The maximum Gasteiger partial charge on any atom is 0.143 e. The Labute approximate surface area is 443 Å². The summed E-state index contributed by atoms with van der Waals surface area (Å²) in [6.45, 7) is 6.58. The molecule has 0 amide bonds. The van der Waals surface area contributed by atoms with Gasteiger partial charge in [0.2, 0.25) is 0 Å². The van der Waals surface area contributed by atoms with E-state index in [0.29, 0.717) is 11.5 Å².